The predicted octanol–water partition coefficient (Wildman–Crippen LogP) is 9.79. The van der Waals surface area contributed by atoms with E-state index in [0.717, 1.165) is 12.4 Å². The van der Waals surface area contributed by atoms with Crippen LogP contribution in [0.4, 0.5) is 79.0 Å². The van der Waals surface area contributed by atoms with E-state index >= 15 is 0 Å². The highest BCUT2D eigenvalue weighted by Gasteiger charge is 2.83. The van der Waals surface area contributed by atoms with Crippen LogP contribution in [0.25, 0.3) is 32.6 Å². The molecule has 0 saturated carbocycles. The normalized spacial score (nSPS) is 15.0. The smallest absolute Gasteiger partial charge is 0.252 e. The fraction of sp³-hybridized carbons (Fsp3) is 0.333. The largest absolute Gasteiger partial charge is 0.460 e. The minimum atomic E-state index is -7.35. The summed E-state index contributed by atoms with van der Waals surface area (Å²) in [6.45, 7) is 0. The number of rotatable bonds is 6. The highest BCUT2D eigenvalue weighted by molar-refractivity contribution is 6.23. The van der Waals surface area contributed by atoms with Crippen molar-refractivity contribution in [2.45, 2.75) is 47.9 Å². The highest BCUT2D eigenvalue weighted by Crippen LogP contribution is 2.58. The topological polar surface area (TPSA) is 25.8 Å². The summed E-state index contributed by atoms with van der Waals surface area (Å²) in [6.07, 6.45) is -12.6. The average molecular weight is 666 g/mol. The van der Waals surface area contributed by atoms with Gasteiger partial charge in [-0.3, -0.25) is 9.97 Å². The van der Waals surface area contributed by atoms with Crippen LogP contribution < -0.4 is 0 Å². The Bertz CT molecular complexity index is 1630. The summed E-state index contributed by atoms with van der Waals surface area (Å²) in [5.41, 5.74) is -5.36. The number of halogens is 18. The second-order valence-corrected chi connectivity index (χ2v) is 9.22. The quantitative estimate of drug-likeness (QED) is 0.151. The molecular formula is C24H8F18N2. The van der Waals surface area contributed by atoms with Gasteiger partial charge >= 0.3 is 47.9 Å². The molecule has 3 aromatic carbocycles. The van der Waals surface area contributed by atoms with E-state index in [1.165, 1.54) is 0 Å². The fourth-order valence-corrected chi connectivity index (χ4v) is 4.18. The van der Waals surface area contributed by atoms with Crippen LogP contribution >= 0.6 is 0 Å². The van der Waals surface area contributed by atoms with Gasteiger partial charge < -0.3 is 0 Å². The van der Waals surface area contributed by atoms with Gasteiger partial charge in [0.2, 0.25) is 0 Å². The molecule has 4 rings (SSSR count). The lowest BCUT2D eigenvalue weighted by Crippen LogP contribution is -2.59. The molecule has 0 radical (unpaired) electrons. The van der Waals surface area contributed by atoms with Gasteiger partial charge in [-0.2, -0.15) is 79.0 Å². The van der Waals surface area contributed by atoms with Crippen molar-refractivity contribution in [1.82, 2.24) is 9.97 Å². The van der Waals surface area contributed by atoms with E-state index in [-0.39, 0.29) is 35.3 Å². The molecule has 0 amide bonds. The van der Waals surface area contributed by atoms with Gasteiger partial charge in [-0.25, -0.2) is 0 Å². The Balaban J connectivity index is 2.07. The fourth-order valence-electron chi connectivity index (χ4n) is 4.18. The number of benzene rings is 3. The minimum absolute atomic E-state index is 0.0703. The van der Waals surface area contributed by atoms with Gasteiger partial charge in [0.25, 0.3) is 0 Å². The van der Waals surface area contributed by atoms with Crippen LogP contribution in [0.15, 0.2) is 48.8 Å². The van der Waals surface area contributed by atoms with E-state index < -0.39 is 80.6 Å². The number of alkyl halides is 18. The third kappa shape index (κ3) is 4.29. The molecule has 0 spiro atoms. The molecule has 1 aromatic heterocycles. The summed E-state index contributed by atoms with van der Waals surface area (Å²) in [7, 11) is 0. The van der Waals surface area contributed by atoms with Crippen LogP contribution in [0, 0.1) is 0 Å². The van der Waals surface area contributed by atoms with E-state index in [0.29, 0.717) is 12.1 Å². The molecule has 0 fully saturated rings. The minimum Gasteiger partial charge on any atom is -0.252 e. The molecule has 0 saturated heterocycles. The van der Waals surface area contributed by atoms with Gasteiger partial charge in [0.05, 0.1) is 11.0 Å². The Labute approximate surface area is 230 Å². The highest BCUT2D eigenvalue weighted by atomic mass is 19.4. The van der Waals surface area contributed by atoms with Gasteiger partial charge in [-0.05, 0) is 22.9 Å². The van der Waals surface area contributed by atoms with Crippen LogP contribution in [-0.2, 0) is 11.8 Å². The molecule has 0 aliphatic carbocycles. The molecular weight excluding hydrogens is 658 g/mol. The van der Waals surface area contributed by atoms with Crippen LogP contribution in [0.5, 0.6) is 0 Å². The van der Waals surface area contributed by atoms with Gasteiger partial charge in [-0.15, -0.1) is 0 Å². The molecule has 0 atom stereocenters. The predicted molar refractivity (Wildman–Crippen MR) is 114 cm³/mol. The van der Waals surface area contributed by atoms with Crippen molar-refractivity contribution in [1.29, 1.82) is 0 Å². The van der Waals surface area contributed by atoms with Crippen LogP contribution in [0.1, 0.15) is 11.1 Å². The monoisotopic (exact) mass is 666 g/mol. The van der Waals surface area contributed by atoms with Crippen molar-refractivity contribution in [2.24, 2.45) is 0 Å². The third-order valence-corrected chi connectivity index (χ3v) is 6.55. The number of aromatic nitrogens is 2. The molecule has 0 N–H and O–H groups in total. The zero-order valence-corrected chi connectivity index (χ0v) is 20.3. The van der Waals surface area contributed by atoms with E-state index in [4.69, 9.17) is 0 Å². The van der Waals surface area contributed by atoms with Crippen molar-refractivity contribution >= 4 is 32.6 Å². The number of hydrogen-bond donors (Lipinski definition) is 0. The van der Waals surface area contributed by atoms with E-state index in [1.807, 2.05) is 0 Å². The summed E-state index contributed by atoms with van der Waals surface area (Å²) in [6, 6.07) is 0.174. The first-order chi connectivity index (χ1) is 19.7. The zero-order valence-electron chi connectivity index (χ0n) is 20.3. The Kier molecular flexibility index (Phi) is 7.07. The Morgan fingerprint density at radius 2 is 0.659 bits per heavy atom. The third-order valence-electron chi connectivity index (χ3n) is 6.55. The van der Waals surface area contributed by atoms with Crippen LogP contribution in [-0.4, -0.2) is 46.0 Å². The van der Waals surface area contributed by atoms with E-state index in [9.17, 15) is 79.0 Å². The molecule has 0 aliphatic heterocycles. The number of nitrogens with zero attached hydrogens (tertiary/aromatic N) is 2. The molecule has 0 unspecified atom stereocenters. The first-order valence-corrected chi connectivity index (χ1v) is 11.2. The lowest BCUT2D eigenvalue weighted by Gasteiger charge is -2.34. The molecule has 240 valence electrons. The molecule has 0 bridgehead atoms. The average Bonchev–Trinajstić information content (AvgIpc) is 2.90. The zero-order chi connectivity index (χ0) is 33.7. The summed E-state index contributed by atoms with van der Waals surface area (Å²) in [5.74, 6) is -41.8. The SMILES string of the molecule is FC(F)(F)C(F)(F)C(F)(F)C(F)(F)c1ccc2c(c1)c1cc(C(F)(F)C(F)(F)C(F)(F)C(F)(F)F)ccc1c1nccnc21. The summed E-state index contributed by atoms with van der Waals surface area (Å²) in [5, 5.41) is -3.25. The second kappa shape index (κ2) is 9.38. The molecule has 4 aromatic rings. The first-order valence-electron chi connectivity index (χ1n) is 11.2. The maximum atomic E-state index is 14.7. The Morgan fingerprint density at radius 1 is 0.364 bits per heavy atom. The summed E-state index contributed by atoms with van der Waals surface area (Å²) < 4.78 is 245. The van der Waals surface area contributed by atoms with Crippen LogP contribution in [0.2, 0.25) is 0 Å². The van der Waals surface area contributed by atoms with Crippen molar-refractivity contribution in [3.05, 3.63) is 59.9 Å². The molecule has 0 aliphatic rings. The van der Waals surface area contributed by atoms with E-state index in [1.54, 1.807) is 0 Å². The van der Waals surface area contributed by atoms with Crippen molar-refractivity contribution in [3.63, 3.8) is 0 Å². The van der Waals surface area contributed by atoms with Gasteiger partial charge in [0.1, 0.15) is 0 Å². The second-order valence-electron chi connectivity index (χ2n) is 9.22. The van der Waals surface area contributed by atoms with Crippen LogP contribution in [0.3, 0.4) is 0 Å². The molecule has 20 heteroatoms. The van der Waals surface area contributed by atoms with Crippen molar-refractivity contribution in [3.8, 4) is 0 Å². The Hall–Kier alpha value is -3.74. The van der Waals surface area contributed by atoms with Gasteiger partial charge in [-0.1, -0.05) is 24.3 Å². The number of hydrogen-bond acceptors (Lipinski definition) is 2. The molecule has 1 heterocycles. The van der Waals surface area contributed by atoms with E-state index in [2.05, 4.69) is 9.97 Å². The summed E-state index contributed by atoms with van der Waals surface area (Å²) in [4.78, 5) is 7.56. The van der Waals surface area contributed by atoms with Gasteiger partial charge in [0.15, 0.2) is 0 Å². The Morgan fingerprint density at radius 3 is 0.932 bits per heavy atom. The molecule has 44 heavy (non-hydrogen) atoms. The lowest BCUT2D eigenvalue weighted by molar-refractivity contribution is -0.399. The maximum absolute atomic E-state index is 14.7. The molecule has 2 nitrogen and oxygen atoms in total. The number of fused-ring (bicyclic) bond motifs is 6. The first kappa shape index (κ1) is 33.2. The lowest BCUT2D eigenvalue weighted by atomic mass is 9.90. The standard InChI is InChI=1S/C24H8F18N2/c25-17(26,19(29,30)21(33,34)23(37,38)39)9-1-3-11-13(7-9)14-8-10(2-4-12(14)16-15(11)43-5-6-44-16)18(27,28)20(31,32)22(35,36)24(40,41)42/h1-8H. The van der Waals surface area contributed by atoms with Gasteiger partial charge in [0, 0.05) is 34.3 Å². The maximum Gasteiger partial charge on any atom is 0.460 e. The van der Waals surface area contributed by atoms with Crippen molar-refractivity contribution in [2.75, 3.05) is 0 Å². The summed E-state index contributed by atoms with van der Waals surface area (Å²) >= 11 is 0. The van der Waals surface area contributed by atoms with Crippen molar-refractivity contribution < 1.29 is 79.0 Å².